The molecule has 0 bridgehead atoms. The van der Waals surface area contributed by atoms with Gasteiger partial charge >= 0.3 is 5.97 Å². The van der Waals surface area contributed by atoms with E-state index in [-0.39, 0.29) is 6.42 Å². The van der Waals surface area contributed by atoms with Crippen LogP contribution in [0.1, 0.15) is 44.6 Å². The molecule has 2 aromatic rings. The van der Waals surface area contributed by atoms with Gasteiger partial charge in [0.2, 0.25) is 0 Å². The van der Waals surface area contributed by atoms with Crippen molar-refractivity contribution in [1.82, 2.24) is 4.98 Å². The summed E-state index contributed by atoms with van der Waals surface area (Å²) < 4.78 is 5.23. The van der Waals surface area contributed by atoms with E-state index in [1.54, 1.807) is 6.20 Å². The number of aromatic nitrogens is 1. The van der Waals surface area contributed by atoms with Gasteiger partial charge in [-0.1, -0.05) is 12.1 Å². The molecule has 1 aromatic carbocycles. The van der Waals surface area contributed by atoms with Crippen LogP contribution in [0.25, 0.3) is 10.8 Å². The quantitative estimate of drug-likeness (QED) is 0.880. The van der Waals surface area contributed by atoms with Crippen molar-refractivity contribution in [2.75, 3.05) is 0 Å². The molecule has 1 N–H and O–H groups in total. The highest BCUT2D eigenvalue weighted by molar-refractivity contribution is 5.85. The lowest BCUT2D eigenvalue weighted by Crippen LogP contribution is -2.24. The summed E-state index contributed by atoms with van der Waals surface area (Å²) in [6.45, 7) is 7.37. The van der Waals surface area contributed by atoms with Crippen molar-refractivity contribution in [3.8, 4) is 0 Å². The molecule has 0 saturated carbocycles. The van der Waals surface area contributed by atoms with Gasteiger partial charge in [-0.05, 0) is 50.8 Å². The summed E-state index contributed by atoms with van der Waals surface area (Å²) in [7, 11) is 0. The van der Waals surface area contributed by atoms with E-state index in [2.05, 4.69) is 4.98 Å². The zero-order chi connectivity index (χ0) is 15.6. The highest BCUT2D eigenvalue weighted by Crippen LogP contribution is 2.24. The molecule has 1 heterocycles. The van der Waals surface area contributed by atoms with Crippen LogP contribution in [0.3, 0.4) is 0 Å². The second-order valence-electron chi connectivity index (χ2n) is 6.18. The van der Waals surface area contributed by atoms with Crippen molar-refractivity contribution in [2.24, 2.45) is 0 Å². The lowest BCUT2D eigenvalue weighted by molar-refractivity contribution is -0.157. The third-order valence-corrected chi connectivity index (χ3v) is 3.15. The van der Waals surface area contributed by atoms with Gasteiger partial charge in [0.1, 0.15) is 5.60 Å². The van der Waals surface area contributed by atoms with Crippen LogP contribution in [0.5, 0.6) is 0 Å². The Kier molecular flexibility index (Phi) is 4.28. The van der Waals surface area contributed by atoms with Crippen molar-refractivity contribution in [1.29, 1.82) is 0 Å². The van der Waals surface area contributed by atoms with Crippen molar-refractivity contribution >= 4 is 16.7 Å². The molecule has 4 heteroatoms. The Morgan fingerprint density at radius 1 is 1.33 bits per heavy atom. The lowest BCUT2D eigenvalue weighted by atomic mass is 10.0. The molecule has 0 aliphatic carbocycles. The number of aliphatic hydroxyl groups is 1. The summed E-state index contributed by atoms with van der Waals surface area (Å²) in [5, 5.41) is 12.3. The first kappa shape index (κ1) is 15.4. The Balaban J connectivity index is 2.16. The first-order chi connectivity index (χ1) is 9.76. The number of hydrogen-bond acceptors (Lipinski definition) is 4. The number of nitrogens with zero attached hydrogens (tertiary/aromatic N) is 1. The number of aryl methyl sites for hydroxylation is 1. The molecule has 1 aromatic heterocycles. The van der Waals surface area contributed by atoms with Crippen LogP contribution in [0.4, 0.5) is 0 Å². The van der Waals surface area contributed by atoms with Gasteiger partial charge in [-0.3, -0.25) is 9.78 Å². The number of benzene rings is 1. The van der Waals surface area contributed by atoms with Gasteiger partial charge in [-0.25, -0.2) is 0 Å². The van der Waals surface area contributed by atoms with Crippen LogP contribution in [0.2, 0.25) is 0 Å². The molecule has 0 unspecified atom stereocenters. The van der Waals surface area contributed by atoms with E-state index in [0.29, 0.717) is 5.56 Å². The molecule has 0 amide bonds. The monoisotopic (exact) mass is 287 g/mol. The van der Waals surface area contributed by atoms with Crippen molar-refractivity contribution in [3.05, 3.63) is 41.7 Å². The van der Waals surface area contributed by atoms with Gasteiger partial charge in [-0.2, -0.15) is 0 Å². The van der Waals surface area contributed by atoms with E-state index in [9.17, 15) is 9.90 Å². The van der Waals surface area contributed by atoms with Crippen LogP contribution in [0.15, 0.2) is 30.5 Å². The third kappa shape index (κ3) is 4.02. The molecule has 0 aliphatic heterocycles. The maximum Gasteiger partial charge on any atom is 0.309 e. The fourth-order valence-corrected chi connectivity index (χ4v) is 2.21. The Bertz CT molecular complexity index is 659. The molecule has 0 saturated heterocycles. The Morgan fingerprint density at radius 2 is 2.05 bits per heavy atom. The minimum absolute atomic E-state index is 0.0488. The number of rotatable bonds is 3. The Morgan fingerprint density at radius 3 is 2.71 bits per heavy atom. The van der Waals surface area contributed by atoms with Crippen LogP contribution in [0, 0.1) is 6.92 Å². The van der Waals surface area contributed by atoms with E-state index in [0.717, 1.165) is 16.5 Å². The van der Waals surface area contributed by atoms with Crippen molar-refractivity contribution < 1.29 is 14.6 Å². The zero-order valence-electron chi connectivity index (χ0n) is 12.9. The fourth-order valence-electron chi connectivity index (χ4n) is 2.21. The summed E-state index contributed by atoms with van der Waals surface area (Å²) in [6.07, 6.45) is 0.826. The number of ether oxygens (including phenoxy) is 1. The number of aliphatic hydroxyl groups excluding tert-OH is 1. The highest BCUT2D eigenvalue weighted by Gasteiger charge is 2.20. The van der Waals surface area contributed by atoms with Gasteiger partial charge < -0.3 is 9.84 Å². The number of carbonyl (C=O) groups excluding carboxylic acids is 1. The van der Waals surface area contributed by atoms with E-state index in [1.165, 1.54) is 0 Å². The second kappa shape index (κ2) is 5.82. The van der Waals surface area contributed by atoms with Gasteiger partial charge in [0.15, 0.2) is 0 Å². The first-order valence-corrected chi connectivity index (χ1v) is 7.01. The lowest BCUT2D eigenvalue weighted by Gasteiger charge is -2.20. The molecular formula is C17H21NO3. The highest BCUT2D eigenvalue weighted by atomic mass is 16.6. The van der Waals surface area contributed by atoms with E-state index in [4.69, 9.17) is 4.74 Å². The van der Waals surface area contributed by atoms with Crippen molar-refractivity contribution in [2.45, 2.75) is 45.8 Å². The van der Waals surface area contributed by atoms with Crippen LogP contribution in [-0.4, -0.2) is 21.7 Å². The topological polar surface area (TPSA) is 59.4 Å². The molecule has 21 heavy (non-hydrogen) atoms. The van der Waals surface area contributed by atoms with Crippen LogP contribution in [-0.2, 0) is 9.53 Å². The van der Waals surface area contributed by atoms with Crippen molar-refractivity contribution in [3.63, 3.8) is 0 Å². The number of pyridine rings is 1. The van der Waals surface area contributed by atoms with Crippen LogP contribution >= 0.6 is 0 Å². The third-order valence-electron chi connectivity index (χ3n) is 3.15. The first-order valence-electron chi connectivity index (χ1n) is 7.01. The average Bonchev–Trinajstić information content (AvgIpc) is 2.36. The summed E-state index contributed by atoms with van der Waals surface area (Å²) in [6, 6.07) is 7.53. The normalized spacial score (nSPS) is 13.2. The predicted octanol–water partition coefficient (Wildman–Crippen LogP) is 3.31. The van der Waals surface area contributed by atoms with Gasteiger partial charge in [0.05, 0.1) is 12.5 Å². The molecule has 4 nitrogen and oxygen atoms in total. The summed E-state index contributed by atoms with van der Waals surface area (Å²) in [5.41, 5.74) is 1.11. The molecule has 2 rings (SSSR count). The summed E-state index contributed by atoms with van der Waals surface area (Å²) in [5.74, 6) is -0.402. The Hall–Kier alpha value is -1.94. The molecule has 0 radical (unpaired) electrons. The van der Waals surface area contributed by atoms with Gasteiger partial charge in [0.25, 0.3) is 0 Å². The van der Waals surface area contributed by atoms with Gasteiger partial charge in [-0.15, -0.1) is 0 Å². The Labute approximate surface area is 124 Å². The van der Waals surface area contributed by atoms with Gasteiger partial charge in [0, 0.05) is 17.3 Å². The predicted molar refractivity (Wildman–Crippen MR) is 81.9 cm³/mol. The SMILES string of the molecule is Cc1nccc2cc([C@@H](O)CC(=O)OC(C)(C)C)ccc12. The number of hydrogen-bond donors (Lipinski definition) is 1. The summed E-state index contributed by atoms with van der Waals surface area (Å²) in [4.78, 5) is 16.0. The molecule has 0 spiro atoms. The molecule has 112 valence electrons. The van der Waals surface area contributed by atoms with E-state index in [1.807, 2.05) is 52.0 Å². The van der Waals surface area contributed by atoms with E-state index >= 15 is 0 Å². The smallest absolute Gasteiger partial charge is 0.309 e. The molecule has 0 aliphatic rings. The maximum absolute atomic E-state index is 11.8. The fraction of sp³-hybridized carbons (Fsp3) is 0.412. The molecule has 1 atom stereocenters. The van der Waals surface area contributed by atoms with Crippen LogP contribution < -0.4 is 0 Å². The number of esters is 1. The number of carbonyl (C=O) groups is 1. The number of fused-ring (bicyclic) bond motifs is 1. The molecular weight excluding hydrogens is 266 g/mol. The second-order valence-corrected chi connectivity index (χ2v) is 6.18. The average molecular weight is 287 g/mol. The van der Waals surface area contributed by atoms with E-state index < -0.39 is 17.7 Å². The minimum Gasteiger partial charge on any atom is -0.460 e. The molecule has 0 fully saturated rings. The standard InChI is InChI=1S/C17H21NO3/c1-11-14-6-5-13(9-12(14)7-8-18-11)15(19)10-16(20)21-17(2,3)4/h5-9,15,19H,10H2,1-4H3/t15-/m0/s1. The minimum atomic E-state index is -0.863. The zero-order valence-corrected chi connectivity index (χ0v) is 12.9. The maximum atomic E-state index is 11.8. The largest absolute Gasteiger partial charge is 0.460 e. The summed E-state index contributed by atoms with van der Waals surface area (Å²) >= 11 is 0.